The number of carbonyl (C=O) groups is 1. The summed E-state index contributed by atoms with van der Waals surface area (Å²) in [5.41, 5.74) is 1.14. The molecule has 25 heavy (non-hydrogen) atoms. The van der Waals surface area contributed by atoms with Gasteiger partial charge in [0.15, 0.2) is 0 Å². The minimum Gasteiger partial charge on any atom is -0.497 e. The Bertz CT molecular complexity index is 724. The number of ether oxygens (including phenoxy) is 3. The number of benzene rings is 2. The Morgan fingerprint density at radius 3 is 2.56 bits per heavy atom. The number of carbonyl (C=O) groups excluding carboxylic acids is 1. The lowest BCUT2D eigenvalue weighted by Gasteiger charge is -2.17. The van der Waals surface area contributed by atoms with Crippen molar-refractivity contribution in [3.8, 4) is 11.5 Å². The van der Waals surface area contributed by atoms with Crippen LogP contribution in [0.4, 0.5) is 14.9 Å². The van der Waals surface area contributed by atoms with Gasteiger partial charge in [0.05, 0.1) is 26.0 Å². The van der Waals surface area contributed by atoms with Crippen LogP contribution in [0.25, 0.3) is 0 Å². The summed E-state index contributed by atoms with van der Waals surface area (Å²) in [4.78, 5) is 12.1. The molecule has 0 aliphatic rings. The van der Waals surface area contributed by atoms with Crippen molar-refractivity contribution in [3.05, 3.63) is 53.8 Å². The molecule has 0 saturated heterocycles. The maximum atomic E-state index is 13.3. The number of rotatable bonds is 7. The van der Waals surface area contributed by atoms with Gasteiger partial charge < -0.3 is 24.8 Å². The van der Waals surface area contributed by atoms with Crippen molar-refractivity contribution < 1.29 is 23.4 Å². The molecule has 1 atom stereocenters. The molecule has 0 aliphatic heterocycles. The summed E-state index contributed by atoms with van der Waals surface area (Å²) in [5.74, 6) is 0.739. The third kappa shape index (κ3) is 5.09. The predicted octanol–water partition coefficient (Wildman–Crippen LogP) is 3.35. The molecular weight excluding hydrogens is 327 g/mol. The Labute approximate surface area is 145 Å². The molecule has 0 aromatic heterocycles. The Morgan fingerprint density at radius 1 is 1.12 bits per heavy atom. The number of amides is 2. The summed E-state index contributed by atoms with van der Waals surface area (Å²) in [7, 11) is 4.55. The fourth-order valence-electron chi connectivity index (χ4n) is 2.30. The number of hydrogen-bond donors (Lipinski definition) is 2. The molecule has 0 bridgehead atoms. The average molecular weight is 348 g/mol. The fraction of sp³-hybridized carbons (Fsp3) is 0.278. The fourth-order valence-corrected chi connectivity index (χ4v) is 2.30. The third-order valence-electron chi connectivity index (χ3n) is 3.61. The van der Waals surface area contributed by atoms with Gasteiger partial charge in [0.2, 0.25) is 0 Å². The zero-order chi connectivity index (χ0) is 18.2. The van der Waals surface area contributed by atoms with Crippen molar-refractivity contribution in [1.82, 2.24) is 5.32 Å². The van der Waals surface area contributed by atoms with Crippen molar-refractivity contribution in [3.63, 3.8) is 0 Å². The number of nitrogens with one attached hydrogen (secondary N) is 2. The lowest BCUT2D eigenvalue weighted by molar-refractivity contribution is 0.104. The predicted molar refractivity (Wildman–Crippen MR) is 92.7 cm³/mol. The summed E-state index contributed by atoms with van der Waals surface area (Å²) in [5, 5.41) is 5.39. The molecule has 0 spiro atoms. The largest absolute Gasteiger partial charge is 0.497 e. The van der Waals surface area contributed by atoms with E-state index in [2.05, 4.69) is 10.6 Å². The molecule has 2 rings (SSSR count). The minimum atomic E-state index is -0.459. The smallest absolute Gasteiger partial charge is 0.319 e. The molecule has 2 amide bonds. The second kappa shape index (κ2) is 8.89. The van der Waals surface area contributed by atoms with Crippen LogP contribution in [0.1, 0.15) is 11.7 Å². The van der Waals surface area contributed by atoms with Gasteiger partial charge in [-0.3, -0.25) is 0 Å². The Hall–Kier alpha value is -2.80. The van der Waals surface area contributed by atoms with E-state index >= 15 is 0 Å². The Kier molecular flexibility index (Phi) is 6.59. The van der Waals surface area contributed by atoms with Gasteiger partial charge in [-0.05, 0) is 29.8 Å². The zero-order valence-corrected chi connectivity index (χ0v) is 14.3. The summed E-state index contributed by atoms with van der Waals surface area (Å²) in [6.07, 6.45) is -0.459. The molecule has 0 fully saturated rings. The van der Waals surface area contributed by atoms with E-state index in [0.29, 0.717) is 22.7 Å². The first kappa shape index (κ1) is 18.5. The number of halogens is 1. The highest BCUT2D eigenvalue weighted by molar-refractivity contribution is 5.91. The third-order valence-corrected chi connectivity index (χ3v) is 3.61. The van der Waals surface area contributed by atoms with Crippen LogP contribution in [0.2, 0.25) is 0 Å². The highest BCUT2D eigenvalue weighted by Crippen LogP contribution is 2.28. The summed E-state index contributed by atoms with van der Waals surface area (Å²) < 4.78 is 29.0. The topological polar surface area (TPSA) is 68.8 Å². The zero-order valence-electron chi connectivity index (χ0n) is 14.3. The summed E-state index contributed by atoms with van der Waals surface area (Å²) in [6.45, 7) is 0.185. The molecule has 7 heteroatoms. The van der Waals surface area contributed by atoms with E-state index in [1.54, 1.807) is 37.4 Å². The van der Waals surface area contributed by atoms with Crippen molar-refractivity contribution in [1.29, 1.82) is 0 Å². The van der Waals surface area contributed by atoms with Gasteiger partial charge in [-0.25, -0.2) is 9.18 Å². The van der Waals surface area contributed by atoms with Gasteiger partial charge in [-0.2, -0.15) is 0 Å². The van der Waals surface area contributed by atoms with Crippen LogP contribution in [-0.4, -0.2) is 33.9 Å². The van der Waals surface area contributed by atoms with Crippen LogP contribution in [0.3, 0.4) is 0 Å². The van der Waals surface area contributed by atoms with Gasteiger partial charge in [-0.1, -0.05) is 12.1 Å². The number of methoxy groups -OCH3 is 3. The number of urea groups is 1. The maximum Gasteiger partial charge on any atom is 0.319 e. The first-order valence-electron chi connectivity index (χ1n) is 7.62. The second-order valence-corrected chi connectivity index (χ2v) is 5.18. The lowest BCUT2D eigenvalue weighted by Crippen LogP contribution is -2.33. The molecule has 0 saturated carbocycles. The van der Waals surface area contributed by atoms with Crippen LogP contribution in [0.15, 0.2) is 42.5 Å². The lowest BCUT2D eigenvalue weighted by atomic mass is 10.1. The highest BCUT2D eigenvalue weighted by Gasteiger charge is 2.14. The van der Waals surface area contributed by atoms with E-state index < -0.39 is 12.1 Å². The molecular formula is C18H21FN2O4. The van der Waals surface area contributed by atoms with Gasteiger partial charge in [0.25, 0.3) is 0 Å². The molecule has 1 unspecified atom stereocenters. The molecule has 2 aromatic rings. The van der Waals surface area contributed by atoms with Gasteiger partial charge in [0, 0.05) is 19.7 Å². The first-order valence-corrected chi connectivity index (χ1v) is 7.62. The quantitative estimate of drug-likeness (QED) is 0.805. The van der Waals surface area contributed by atoms with E-state index in [4.69, 9.17) is 14.2 Å². The minimum absolute atomic E-state index is 0.185. The van der Waals surface area contributed by atoms with E-state index in [0.717, 1.165) is 0 Å². The van der Waals surface area contributed by atoms with Gasteiger partial charge in [-0.15, -0.1) is 0 Å². The molecule has 2 N–H and O–H groups in total. The van der Waals surface area contributed by atoms with E-state index in [1.165, 1.54) is 26.4 Å². The second-order valence-electron chi connectivity index (χ2n) is 5.18. The van der Waals surface area contributed by atoms with Crippen LogP contribution in [0, 0.1) is 5.82 Å². The molecule has 0 radical (unpaired) electrons. The molecule has 0 heterocycles. The first-order chi connectivity index (χ1) is 12.1. The average Bonchev–Trinajstić information content (AvgIpc) is 2.62. The standard InChI is InChI=1S/C18H21FN2O4/c1-23-14-7-8-15(16(10-14)24-2)21-18(22)20-11-17(25-3)12-5-4-6-13(19)9-12/h4-10,17H,11H2,1-3H3,(H2,20,21,22). The molecule has 2 aromatic carbocycles. The Balaban J connectivity index is 1.98. The molecule has 134 valence electrons. The van der Waals surface area contributed by atoms with Crippen LogP contribution < -0.4 is 20.1 Å². The number of anilines is 1. The van der Waals surface area contributed by atoms with E-state index in [1.807, 2.05) is 0 Å². The van der Waals surface area contributed by atoms with E-state index in [9.17, 15) is 9.18 Å². The SMILES string of the molecule is COc1ccc(NC(=O)NCC(OC)c2cccc(F)c2)c(OC)c1. The van der Waals surface area contributed by atoms with Gasteiger partial charge in [0.1, 0.15) is 17.3 Å². The number of hydrogen-bond acceptors (Lipinski definition) is 4. The van der Waals surface area contributed by atoms with Crippen LogP contribution in [-0.2, 0) is 4.74 Å². The normalized spacial score (nSPS) is 11.5. The molecule has 6 nitrogen and oxygen atoms in total. The molecule has 0 aliphatic carbocycles. The highest BCUT2D eigenvalue weighted by atomic mass is 19.1. The van der Waals surface area contributed by atoms with Crippen molar-refractivity contribution in [2.45, 2.75) is 6.10 Å². The van der Waals surface area contributed by atoms with Gasteiger partial charge >= 0.3 is 6.03 Å². The van der Waals surface area contributed by atoms with Crippen molar-refractivity contribution in [2.24, 2.45) is 0 Å². The van der Waals surface area contributed by atoms with Crippen LogP contribution >= 0.6 is 0 Å². The maximum absolute atomic E-state index is 13.3. The van der Waals surface area contributed by atoms with E-state index in [-0.39, 0.29) is 12.4 Å². The Morgan fingerprint density at radius 2 is 1.92 bits per heavy atom. The monoisotopic (exact) mass is 348 g/mol. The summed E-state index contributed by atoms with van der Waals surface area (Å²) in [6, 6.07) is 10.7. The summed E-state index contributed by atoms with van der Waals surface area (Å²) >= 11 is 0. The van der Waals surface area contributed by atoms with Crippen molar-refractivity contribution in [2.75, 3.05) is 33.2 Å². The van der Waals surface area contributed by atoms with Crippen molar-refractivity contribution >= 4 is 11.7 Å². The van der Waals surface area contributed by atoms with Crippen LogP contribution in [0.5, 0.6) is 11.5 Å².